The zero-order chi connectivity index (χ0) is 17.2. The van der Waals surface area contributed by atoms with Crippen LogP contribution in [0, 0.1) is 6.92 Å². The maximum Gasteiger partial charge on any atom is 0.416 e. The molecule has 0 spiro atoms. The summed E-state index contributed by atoms with van der Waals surface area (Å²) in [7, 11) is 1.94. The van der Waals surface area contributed by atoms with Crippen LogP contribution in [0.15, 0.2) is 48.5 Å². The molecule has 2 unspecified atom stereocenters. The monoisotopic (exact) mass is 321 g/mol. The Hall–Kier alpha value is -1.81. The molecule has 0 saturated carbocycles. The normalized spacial score (nSPS) is 14.8. The molecule has 0 aliphatic rings. The highest BCUT2D eigenvalue weighted by molar-refractivity contribution is 5.33. The molecular weight excluding hydrogens is 299 g/mol. The lowest BCUT2D eigenvalue weighted by Gasteiger charge is -2.32. The van der Waals surface area contributed by atoms with E-state index in [0.717, 1.165) is 5.56 Å². The number of hydrogen-bond donors (Lipinski definition) is 0. The third kappa shape index (κ3) is 4.14. The van der Waals surface area contributed by atoms with E-state index in [1.54, 1.807) is 6.92 Å². The van der Waals surface area contributed by atoms with Crippen LogP contribution in [0.5, 0.6) is 0 Å². The van der Waals surface area contributed by atoms with Crippen molar-refractivity contribution in [2.45, 2.75) is 39.0 Å². The molecular formula is C19H22F3N. The van der Waals surface area contributed by atoms with E-state index >= 15 is 0 Å². The Labute approximate surface area is 135 Å². The fraction of sp³-hybridized carbons (Fsp3) is 0.368. The predicted octanol–water partition coefficient (Wildman–Crippen LogP) is 5.77. The van der Waals surface area contributed by atoms with Crippen molar-refractivity contribution in [3.63, 3.8) is 0 Å². The van der Waals surface area contributed by atoms with Crippen LogP contribution in [0.25, 0.3) is 0 Å². The van der Waals surface area contributed by atoms with E-state index < -0.39 is 11.7 Å². The van der Waals surface area contributed by atoms with Gasteiger partial charge < -0.3 is 0 Å². The van der Waals surface area contributed by atoms with Crippen LogP contribution in [0.1, 0.15) is 48.2 Å². The number of benzene rings is 2. The highest BCUT2D eigenvalue weighted by Crippen LogP contribution is 2.34. The lowest BCUT2D eigenvalue weighted by atomic mass is 9.98. The quantitative estimate of drug-likeness (QED) is 0.691. The van der Waals surface area contributed by atoms with Gasteiger partial charge in [-0.05, 0) is 51.1 Å². The summed E-state index contributed by atoms with van der Waals surface area (Å²) < 4.78 is 39.1. The second-order valence-electron chi connectivity index (χ2n) is 6.06. The van der Waals surface area contributed by atoms with Crippen molar-refractivity contribution >= 4 is 0 Å². The minimum Gasteiger partial charge on any atom is -0.293 e. The van der Waals surface area contributed by atoms with Crippen LogP contribution >= 0.6 is 0 Å². The van der Waals surface area contributed by atoms with Crippen LogP contribution in [0.3, 0.4) is 0 Å². The van der Waals surface area contributed by atoms with Gasteiger partial charge in [0.25, 0.3) is 0 Å². The molecule has 0 N–H and O–H groups in total. The summed E-state index contributed by atoms with van der Waals surface area (Å²) in [6.07, 6.45) is -4.32. The highest BCUT2D eigenvalue weighted by Gasteiger charge is 2.31. The molecule has 0 aliphatic heterocycles. The fourth-order valence-corrected chi connectivity index (χ4v) is 2.75. The highest BCUT2D eigenvalue weighted by atomic mass is 19.4. The van der Waals surface area contributed by atoms with Crippen molar-refractivity contribution in [3.05, 3.63) is 70.8 Å². The summed E-state index contributed by atoms with van der Waals surface area (Å²) in [5.74, 6) is 0. The van der Waals surface area contributed by atoms with Crippen LogP contribution in [0.2, 0.25) is 0 Å². The molecule has 2 rings (SSSR count). The smallest absolute Gasteiger partial charge is 0.293 e. The van der Waals surface area contributed by atoms with Gasteiger partial charge in [-0.1, -0.05) is 42.0 Å². The van der Waals surface area contributed by atoms with Gasteiger partial charge in [-0.2, -0.15) is 13.2 Å². The molecule has 0 aromatic heterocycles. The summed E-state index contributed by atoms with van der Waals surface area (Å²) in [6.45, 7) is 5.70. The van der Waals surface area contributed by atoms with Gasteiger partial charge in [0.1, 0.15) is 0 Å². The first-order valence-electron chi connectivity index (χ1n) is 7.66. The maximum absolute atomic E-state index is 13.0. The Balaban J connectivity index is 2.29. The fourth-order valence-electron chi connectivity index (χ4n) is 2.75. The van der Waals surface area contributed by atoms with Gasteiger partial charge in [-0.25, -0.2) is 0 Å². The molecule has 4 heteroatoms. The van der Waals surface area contributed by atoms with Crippen molar-refractivity contribution in [2.75, 3.05) is 7.05 Å². The van der Waals surface area contributed by atoms with E-state index in [0.29, 0.717) is 11.1 Å². The summed E-state index contributed by atoms with van der Waals surface area (Å²) in [5, 5.41) is 0. The van der Waals surface area contributed by atoms with Crippen molar-refractivity contribution < 1.29 is 13.2 Å². The molecule has 0 fully saturated rings. The maximum atomic E-state index is 13.0. The van der Waals surface area contributed by atoms with Crippen LogP contribution < -0.4 is 0 Å². The SMILES string of the molecule is Cc1cc(C(C)N(C)C(C)c2ccccc2)cc(C(F)(F)F)c1. The summed E-state index contributed by atoms with van der Waals surface area (Å²) in [4.78, 5) is 2.09. The zero-order valence-electron chi connectivity index (χ0n) is 13.9. The Morgan fingerprint density at radius 1 is 0.870 bits per heavy atom. The first-order chi connectivity index (χ1) is 10.7. The summed E-state index contributed by atoms with van der Waals surface area (Å²) >= 11 is 0. The molecule has 2 aromatic carbocycles. The third-order valence-corrected chi connectivity index (χ3v) is 4.41. The topological polar surface area (TPSA) is 3.24 Å². The zero-order valence-corrected chi connectivity index (χ0v) is 13.9. The van der Waals surface area contributed by atoms with Crippen molar-refractivity contribution in [1.82, 2.24) is 4.90 Å². The minimum absolute atomic E-state index is 0.112. The Morgan fingerprint density at radius 2 is 1.43 bits per heavy atom. The molecule has 2 atom stereocenters. The summed E-state index contributed by atoms with van der Waals surface area (Å²) in [6, 6.07) is 14.2. The average Bonchev–Trinajstić information content (AvgIpc) is 2.52. The van der Waals surface area contributed by atoms with Crippen molar-refractivity contribution in [2.24, 2.45) is 0 Å². The van der Waals surface area contributed by atoms with E-state index in [9.17, 15) is 13.2 Å². The Morgan fingerprint density at radius 3 is 2.00 bits per heavy atom. The molecule has 1 nitrogen and oxygen atoms in total. The van der Waals surface area contributed by atoms with E-state index in [-0.39, 0.29) is 12.1 Å². The molecule has 0 heterocycles. The largest absolute Gasteiger partial charge is 0.416 e. The average molecular weight is 321 g/mol. The second kappa shape index (κ2) is 6.75. The molecule has 23 heavy (non-hydrogen) atoms. The van der Waals surface area contributed by atoms with Gasteiger partial charge in [0.05, 0.1) is 5.56 Å². The van der Waals surface area contributed by atoms with Crippen LogP contribution in [0.4, 0.5) is 13.2 Å². The van der Waals surface area contributed by atoms with E-state index in [1.807, 2.05) is 50.4 Å². The first-order valence-corrected chi connectivity index (χ1v) is 7.66. The number of rotatable bonds is 4. The predicted molar refractivity (Wildman–Crippen MR) is 87.2 cm³/mol. The van der Waals surface area contributed by atoms with E-state index in [1.165, 1.54) is 12.1 Å². The third-order valence-electron chi connectivity index (χ3n) is 4.41. The molecule has 2 aromatic rings. The Kier molecular flexibility index (Phi) is 5.15. The summed E-state index contributed by atoms with van der Waals surface area (Å²) in [5.41, 5.74) is 1.87. The Bertz CT molecular complexity index is 649. The van der Waals surface area contributed by atoms with Gasteiger partial charge in [0, 0.05) is 12.1 Å². The van der Waals surface area contributed by atoms with Crippen LogP contribution in [-0.2, 0) is 6.18 Å². The number of alkyl halides is 3. The van der Waals surface area contributed by atoms with Gasteiger partial charge in [0.15, 0.2) is 0 Å². The van der Waals surface area contributed by atoms with Crippen molar-refractivity contribution in [3.8, 4) is 0 Å². The standard InChI is InChI=1S/C19H22F3N/c1-13-10-17(12-18(11-13)19(20,21)22)15(3)23(4)14(2)16-8-6-5-7-9-16/h5-12,14-15H,1-4H3. The molecule has 0 saturated heterocycles. The molecule has 124 valence electrons. The van der Waals surface area contributed by atoms with E-state index in [2.05, 4.69) is 11.8 Å². The molecule has 0 radical (unpaired) electrons. The second-order valence-corrected chi connectivity index (χ2v) is 6.06. The van der Waals surface area contributed by atoms with Gasteiger partial charge in [0.2, 0.25) is 0 Å². The number of hydrogen-bond acceptors (Lipinski definition) is 1. The first kappa shape index (κ1) is 17.5. The number of halogens is 3. The van der Waals surface area contributed by atoms with E-state index in [4.69, 9.17) is 0 Å². The van der Waals surface area contributed by atoms with Crippen LogP contribution in [-0.4, -0.2) is 11.9 Å². The van der Waals surface area contributed by atoms with Gasteiger partial charge in [-0.3, -0.25) is 4.90 Å². The molecule has 0 aliphatic carbocycles. The minimum atomic E-state index is -4.32. The molecule has 0 bridgehead atoms. The molecule has 0 amide bonds. The number of aryl methyl sites for hydroxylation is 1. The van der Waals surface area contributed by atoms with Gasteiger partial charge >= 0.3 is 6.18 Å². The number of nitrogens with zero attached hydrogens (tertiary/aromatic N) is 1. The lowest BCUT2D eigenvalue weighted by molar-refractivity contribution is -0.137. The van der Waals surface area contributed by atoms with Gasteiger partial charge in [-0.15, -0.1) is 0 Å². The van der Waals surface area contributed by atoms with Crippen molar-refractivity contribution in [1.29, 1.82) is 0 Å². The lowest BCUT2D eigenvalue weighted by Crippen LogP contribution is -2.26.